The standard InChI is InChI=1S/C22H38O4S3/c1-2-3-4-5-6-7-8-9-10-11-14-19-15-12-13-16-22(19)29(24,25)26-20(17-23)21(28)18-27/h12-13,15-16,20-21,23,27-28H,2-11,14,17-18H2,1H3/t20-,21-/m1/s1. The van der Waals surface area contributed by atoms with Crippen LogP contribution in [0.25, 0.3) is 0 Å². The molecule has 0 unspecified atom stereocenters. The van der Waals surface area contributed by atoms with Crippen LogP contribution in [-0.4, -0.2) is 37.2 Å². The summed E-state index contributed by atoms with van der Waals surface area (Å²) >= 11 is 8.36. The van der Waals surface area contributed by atoms with Crippen LogP contribution in [0, 0.1) is 0 Å². The van der Waals surface area contributed by atoms with E-state index in [4.69, 9.17) is 4.18 Å². The molecule has 1 N–H and O–H groups in total. The molecule has 4 nitrogen and oxygen atoms in total. The van der Waals surface area contributed by atoms with E-state index in [1.54, 1.807) is 12.1 Å². The van der Waals surface area contributed by atoms with Crippen molar-refractivity contribution in [2.75, 3.05) is 12.4 Å². The van der Waals surface area contributed by atoms with Crippen molar-refractivity contribution in [3.8, 4) is 0 Å². The highest BCUT2D eigenvalue weighted by atomic mass is 32.2. The van der Waals surface area contributed by atoms with E-state index in [-0.39, 0.29) is 4.90 Å². The predicted molar refractivity (Wildman–Crippen MR) is 128 cm³/mol. The largest absolute Gasteiger partial charge is 0.394 e. The van der Waals surface area contributed by atoms with Crippen LogP contribution < -0.4 is 0 Å². The van der Waals surface area contributed by atoms with Crippen LogP contribution in [0.3, 0.4) is 0 Å². The fourth-order valence-electron chi connectivity index (χ4n) is 3.31. The van der Waals surface area contributed by atoms with Gasteiger partial charge in [0, 0.05) is 11.0 Å². The lowest BCUT2D eigenvalue weighted by atomic mass is 10.0. The number of hydrogen-bond donors (Lipinski definition) is 3. The second-order valence-electron chi connectivity index (χ2n) is 7.56. The third kappa shape index (κ3) is 10.6. The summed E-state index contributed by atoms with van der Waals surface area (Å²) in [6, 6.07) is 6.96. The van der Waals surface area contributed by atoms with E-state index in [0.29, 0.717) is 12.2 Å². The molecule has 0 heterocycles. The topological polar surface area (TPSA) is 63.6 Å². The summed E-state index contributed by atoms with van der Waals surface area (Å²) in [6.07, 6.45) is 12.2. The molecular weight excluding hydrogens is 424 g/mol. The number of benzene rings is 1. The molecule has 0 saturated heterocycles. The molecule has 0 radical (unpaired) electrons. The predicted octanol–water partition coefficient (Wildman–Crippen LogP) is 5.44. The Morgan fingerprint density at radius 1 is 0.966 bits per heavy atom. The zero-order valence-corrected chi connectivity index (χ0v) is 20.2. The molecule has 1 aromatic rings. The van der Waals surface area contributed by atoms with Gasteiger partial charge in [0.15, 0.2) is 0 Å². The molecule has 29 heavy (non-hydrogen) atoms. The fraction of sp³-hybridized carbons (Fsp3) is 0.727. The average Bonchev–Trinajstić information content (AvgIpc) is 2.73. The lowest BCUT2D eigenvalue weighted by Crippen LogP contribution is -2.32. The summed E-state index contributed by atoms with van der Waals surface area (Å²) in [5, 5.41) is 8.97. The van der Waals surface area contributed by atoms with Crippen molar-refractivity contribution in [1.82, 2.24) is 0 Å². The Hall–Kier alpha value is -0.210. The number of hydrogen-bond acceptors (Lipinski definition) is 6. The van der Waals surface area contributed by atoms with Crippen LogP contribution in [0.5, 0.6) is 0 Å². The van der Waals surface area contributed by atoms with Crippen molar-refractivity contribution in [2.24, 2.45) is 0 Å². The summed E-state index contributed by atoms with van der Waals surface area (Å²) in [5.74, 6) is 0.310. The molecule has 2 atom stereocenters. The average molecular weight is 463 g/mol. The lowest BCUT2D eigenvalue weighted by molar-refractivity contribution is 0.123. The summed E-state index contributed by atoms with van der Waals surface area (Å²) < 4.78 is 30.7. The normalized spacial score (nSPS) is 14.1. The lowest BCUT2D eigenvalue weighted by Gasteiger charge is -2.20. The first-order valence-corrected chi connectivity index (χ1v) is 13.4. The van der Waals surface area contributed by atoms with Crippen LogP contribution >= 0.6 is 25.3 Å². The molecule has 0 fully saturated rings. The molecule has 0 saturated carbocycles. The van der Waals surface area contributed by atoms with Gasteiger partial charge >= 0.3 is 0 Å². The second kappa shape index (κ2) is 15.6. The first kappa shape index (κ1) is 26.8. The third-order valence-electron chi connectivity index (χ3n) is 5.09. The molecular formula is C22H38O4S3. The zero-order chi connectivity index (χ0) is 21.5. The number of thiol groups is 2. The molecule has 0 aromatic heterocycles. The van der Waals surface area contributed by atoms with Crippen LogP contribution in [0.2, 0.25) is 0 Å². The first-order valence-electron chi connectivity index (χ1n) is 10.9. The van der Waals surface area contributed by atoms with E-state index >= 15 is 0 Å². The maximum atomic E-state index is 12.7. The smallest absolute Gasteiger partial charge is 0.297 e. The molecule has 168 valence electrons. The molecule has 0 aliphatic carbocycles. The molecule has 0 amide bonds. The monoisotopic (exact) mass is 462 g/mol. The molecule has 1 rings (SSSR count). The van der Waals surface area contributed by atoms with Crippen LogP contribution in [0.1, 0.15) is 76.7 Å². The van der Waals surface area contributed by atoms with Crippen LogP contribution in [0.15, 0.2) is 29.2 Å². The van der Waals surface area contributed by atoms with E-state index in [0.717, 1.165) is 18.4 Å². The minimum absolute atomic E-state index is 0.189. The van der Waals surface area contributed by atoms with Gasteiger partial charge in [0.2, 0.25) is 0 Å². The van der Waals surface area contributed by atoms with Gasteiger partial charge in [0.25, 0.3) is 10.1 Å². The minimum atomic E-state index is -3.96. The fourth-order valence-corrected chi connectivity index (χ4v) is 5.14. The zero-order valence-electron chi connectivity index (χ0n) is 17.6. The van der Waals surface area contributed by atoms with Gasteiger partial charge in [-0.25, -0.2) is 0 Å². The van der Waals surface area contributed by atoms with Gasteiger partial charge in [0.05, 0.1) is 11.5 Å². The van der Waals surface area contributed by atoms with Crippen molar-refractivity contribution >= 4 is 35.4 Å². The maximum absolute atomic E-state index is 12.7. The second-order valence-corrected chi connectivity index (χ2v) is 10.1. The van der Waals surface area contributed by atoms with Gasteiger partial charge < -0.3 is 5.11 Å². The van der Waals surface area contributed by atoms with Crippen molar-refractivity contribution in [2.45, 2.75) is 93.8 Å². The molecule has 0 bridgehead atoms. The molecule has 0 aliphatic rings. The molecule has 7 heteroatoms. The molecule has 0 aliphatic heterocycles. The Kier molecular flexibility index (Phi) is 14.4. The Labute approximate surface area is 188 Å². The van der Waals surface area contributed by atoms with Gasteiger partial charge in [-0.1, -0.05) is 82.9 Å². The Bertz CT molecular complexity index is 649. The van der Waals surface area contributed by atoms with E-state index in [1.807, 2.05) is 12.1 Å². The van der Waals surface area contributed by atoms with Gasteiger partial charge in [0.1, 0.15) is 6.10 Å². The highest BCUT2D eigenvalue weighted by molar-refractivity contribution is 7.87. The Balaban J connectivity index is 2.49. The first-order chi connectivity index (χ1) is 14.0. The van der Waals surface area contributed by atoms with Crippen molar-refractivity contribution in [1.29, 1.82) is 0 Å². The van der Waals surface area contributed by atoms with E-state index in [2.05, 4.69) is 32.2 Å². The number of rotatable bonds is 17. The highest BCUT2D eigenvalue weighted by Crippen LogP contribution is 2.23. The van der Waals surface area contributed by atoms with Crippen molar-refractivity contribution in [3.05, 3.63) is 29.8 Å². The summed E-state index contributed by atoms with van der Waals surface area (Å²) in [6.45, 7) is 1.81. The quantitative estimate of drug-likeness (QED) is 0.164. The van der Waals surface area contributed by atoms with E-state index in [9.17, 15) is 13.5 Å². The molecule has 0 spiro atoms. The number of aliphatic hydroxyl groups is 1. The van der Waals surface area contributed by atoms with E-state index < -0.39 is 28.1 Å². The van der Waals surface area contributed by atoms with Gasteiger partial charge in [-0.3, -0.25) is 4.18 Å². The van der Waals surface area contributed by atoms with Gasteiger partial charge in [-0.2, -0.15) is 33.7 Å². The molecule has 1 aromatic carbocycles. The minimum Gasteiger partial charge on any atom is -0.394 e. The van der Waals surface area contributed by atoms with Gasteiger partial charge in [-0.05, 0) is 24.5 Å². The third-order valence-corrected chi connectivity index (χ3v) is 7.72. The number of aryl methyl sites for hydroxylation is 1. The highest BCUT2D eigenvalue weighted by Gasteiger charge is 2.27. The Morgan fingerprint density at radius 3 is 2.07 bits per heavy atom. The van der Waals surface area contributed by atoms with Crippen LogP contribution in [-0.2, 0) is 20.7 Å². The van der Waals surface area contributed by atoms with E-state index in [1.165, 1.54) is 51.4 Å². The summed E-state index contributed by atoms with van der Waals surface area (Å²) in [4.78, 5) is 0.189. The van der Waals surface area contributed by atoms with Crippen LogP contribution in [0.4, 0.5) is 0 Å². The SMILES string of the molecule is CCCCCCCCCCCCc1ccccc1S(=O)(=O)O[C@H](CO)[C@H](S)CS. The number of unbranched alkanes of at least 4 members (excludes halogenated alkanes) is 9. The number of aliphatic hydroxyl groups excluding tert-OH is 1. The maximum Gasteiger partial charge on any atom is 0.297 e. The Morgan fingerprint density at radius 2 is 1.52 bits per heavy atom. The summed E-state index contributed by atoms with van der Waals surface area (Å²) in [7, 11) is -3.96. The van der Waals surface area contributed by atoms with Crippen molar-refractivity contribution < 1.29 is 17.7 Å². The summed E-state index contributed by atoms with van der Waals surface area (Å²) in [5.41, 5.74) is 0.769. The van der Waals surface area contributed by atoms with Crippen molar-refractivity contribution in [3.63, 3.8) is 0 Å². The van der Waals surface area contributed by atoms with Gasteiger partial charge in [-0.15, -0.1) is 0 Å².